The van der Waals surface area contributed by atoms with Crippen molar-refractivity contribution >= 4 is 15.9 Å². The quantitative estimate of drug-likeness (QED) is 0.540. The summed E-state index contributed by atoms with van der Waals surface area (Å²) in [6.07, 6.45) is 11.9. The minimum Gasteiger partial charge on any atom is -0.0884 e. The molecule has 0 N–H and O–H groups in total. The predicted molar refractivity (Wildman–Crippen MR) is 52.1 cm³/mol. The lowest BCUT2D eigenvalue weighted by Crippen LogP contribution is -2.06. The van der Waals surface area contributed by atoms with E-state index in [2.05, 4.69) is 15.9 Å². The summed E-state index contributed by atoms with van der Waals surface area (Å²) >= 11 is 3.76. The average Bonchev–Trinajstić information content (AvgIpc) is 2.55. The van der Waals surface area contributed by atoms with Gasteiger partial charge >= 0.3 is 0 Å². The Morgan fingerprint density at radius 1 is 0.909 bits per heavy atom. The molecule has 11 heavy (non-hydrogen) atoms. The van der Waals surface area contributed by atoms with E-state index in [0.717, 1.165) is 10.2 Å². The number of rotatable bonds is 0. The number of alkyl halides is 1. The Morgan fingerprint density at radius 2 is 1.36 bits per heavy atom. The summed E-state index contributed by atoms with van der Waals surface area (Å²) in [6, 6.07) is 0. The Kier molecular flexibility index (Phi) is 2.27. The Balaban J connectivity index is 1.89. The van der Waals surface area contributed by atoms with Gasteiger partial charge in [0.15, 0.2) is 0 Å². The monoisotopic (exact) mass is 216 g/mol. The van der Waals surface area contributed by atoms with Gasteiger partial charge in [-0.2, -0.15) is 0 Å². The van der Waals surface area contributed by atoms with Gasteiger partial charge in [-0.1, -0.05) is 48.0 Å². The minimum absolute atomic E-state index is 0.778. The minimum atomic E-state index is 0.778. The fraction of sp³-hybridized carbons (Fsp3) is 1.00. The highest BCUT2D eigenvalue weighted by Crippen LogP contribution is 2.58. The van der Waals surface area contributed by atoms with E-state index >= 15 is 0 Å². The lowest BCUT2D eigenvalue weighted by atomic mass is 9.89. The molecule has 2 rings (SSSR count). The molecule has 2 aliphatic rings. The maximum atomic E-state index is 3.76. The molecule has 0 saturated heterocycles. The van der Waals surface area contributed by atoms with E-state index < -0.39 is 0 Å². The van der Waals surface area contributed by atoms with Gasteiger partial charge < -0.3 is 0 Å². The predicted octanol–water partition coefficient (Wildman–Crippen LogP) is 3.88. The van der Waals surface area contributed by atoms with Crippen molar-refractivity contribution in [3.8, 4) is 0 Å². The number of hydrogen-bond acceptors (Lipinski definition) is 0. The normalized spacial score (nSPS) is 36.3. The zero-order valence-corrected chi connectivity index (χ0v) is 8.70. The van der Waals surface area contributed by atoms with Crippen molar-refractivity contribution in [1.29, 1.82) is 0 Å². The van der Waals surface area contributed by atoms with E-state index in [1.807, 2.05) is 0 Å². The van der Waals surface area contributed by atoms with Gasteiger partial charge in [-0.25, -0.2) is 0 Å². The third-order valence-corrected chi connectivity index (χ3v) is 4.73. The van der Waals surface area contributed by atoms with Crippen LogP contribution in [0.2, 0.25) is 0 Å². The number of hydrogen-bond donors (Lipinski definition) is 0. The van der Waals surface area contributed by atoms with Crippen LogP contribution >= 0.6 is 15.9 Å². The molecule has 0 aromatic heterocycles. The summed E-state index contributed by atoms with van der Waals surface area (Å²) < 4.78 is 0. The second-order valence-electron chi connectivity index (χ2n) is 4.30. The van der Waals surface area contributed by atoms with E-state index in [9.17, 15) is 0 Å². The van der Waals surface area contributed by atoms with Crippen LogP contribution in [0.5, 0.6) is 0 Å². The van der Waals surface area contributed by atoms with Crippen molar-refractivity contribution in [1.82, 2.24) is 0 Å². The lowest BCUT2D eigenvalue weighted by molar-refractivity contribution is 0.362. The van der Waals surface area contributed by atoms with Crippen molar-refractivity contribution in [2.45, 2.75) is 56.2 Å². The second kappa shape index (κ2) is 3.08. The third kappa shape index (κ3) is 1.63. The van der Waals surface area contributed by atoms with Crippen LogP contribution in [0.3, 0.4) is 0 Å². The van der Waals surface area contributed by atoms with Gasteiger partial charge in [0.2, 0.25) is 0 Å². The molecule has 1 atom stereocenters. The Hall–Kier alpha value is 0.480. The molecule has 0 radical (unpaired) electrons. The highest BCUT2D eigenvalue weighted by Gasteiger charge is 2.51. The van der Waals surface area contributed by atoms with Gasteiger partial charge in [0.05, 0.1) is 0 Å². The van der Waals surface area contributed by atoms with E-state index in [0.29, 0.717) is 0 Å². The molecule has 1 unspecified atom stereocenters. The Labute approximate surface area is 77.9 Å². The molecule has 1 heteroatoms. The summed E-state index contributed by atoms with van der Waals surface area (Å²) in [6.45, 7) is 0. The molecule has 2 fully saturated rings. The summed E-state index contributed by atoms with van der Waals surface area (Å²) in [5, 5.41) is 0. The fourth-order valence-electron chi connectivity index (χ4n) is 2.42. The smallest absolute Gasteiger partial charge is 0.0208 e. The van der Waals surface area contributed by atoms with Gasteiger partial charge in [0.25, 0.3) is 0 Å². The summed E-state index contributed by atoms with van der Waals surface area (Å²) in [5.74, 6) is 0. The molecular weight excluding hydrogens is 200 g/mol. The van der Waals surface area contributed by atoms with Gasteiger partial charge in [-0.05, 0) is 24.7 Å². The van der Waals surface area contributed by atoms with Gasteiger partial charge in [-0.15, -0.1) is 0 Å². The SMILES string of the molecule is BrC1CC12CCCCCCC2. The first-order valence-electron chi connectivity index (χ1n) is 4.98. The van der Waals surface area contributed by atoms with Crippen LogP contribution in [0.4, 0.5) is 0 Å². The van der Waals surface area contributed by atoms with Crippen molar-refractivity contribution in [3.05, 3.63) is 0 Å². The van der Waals surface area contributed by atoms with E-state index in [4.69, 9.17) is 0 Å². The molecule has 0 aromatic rings. The molecule has 0 amide bonds. The van der Waals surface area contributed by atoms with Crippen LogP contribution in [0.15, 0.2) is 0 Å². The molecule has 0 aliphatic heterocycles. The average molecular weight is 217 g/mol. The molecule has 0 heterocycles. The maximum Gasteiger partial charge on any atom is 0.0208 e. The molecule has 1 spiro atoms. The molecule has 2 saturated carbocycles. The molecule has 0 nitrogen and oxygen atoms in total. The van der Waals surface area contributed by atoms with Crippen LogP contribution in [0.25, 0.3) is 0 Å². The van der Waals surface area contributed by atoms with Crippen LogP contribution in [0.1, 0.15) is 51.4 Å². The molecule has 64 valence electrons. The van der Waals surface area contributed by atoms with Crippen LogP contribution in [-0.2, 0) is 0 Å². The summed E-state index contributed by atoms with van der Waals surface area (Å²) in [5.41, 5.74) is 0.778. The first-order valence-corrected chi connectivity index (χ1v) is 5.89. The van der Waals surface area contributed by atoms with Crippen molar-refractivity contribution in [2.75, 3.05) is 0 Å². The van der Waals surface area contributed by atoms with Gasteiger partial charge in [-0.3, -0.25) is 0 Å². The fourth-order valence-corrected chi connectivity index (χ4v) is 3.53. The van der Waals surface area contributed by atoms with Crippen LogP contribution < -0.4 is 0 Å². The standard InChI is InChI=1S/C10H17Br/c11-9-8-10(9)6-4-2-1-3-5-7-10/h9H,1-8H2. The van der Waals surface area contributed by atoms with Crippen molar-refractivity contribution in [3.63, 3.8) is 0 Å². The van der Waals surface area contributed by atoms with E-state index in [1.165, 1.54) is 51.4 Å². The first-order chi connectivity index (χ1) is 5.33. The van der Waals surface area contributed by atoms with Crippen LogP contribution in [0, 0.1) is 5.41 Å². The molecule has 0 bridgehead atoms. The zero-order chi connectivity index (χ0) is 7.73. The van der Waals surface area contributed by atoms with Crippen LogP contribution in [-0.4, -0.2) is 4.83 Å². The Morgan fingerprint density at radius 3 is 1.82 bits per heavy atom. The highest BCUT2D eigenvalue weighted by molar-refractivity contribution is 9.09. The molecule has 0 aromatic carbocycles. The van der Waals surface area contributed by atoms with E-state index in [-0.39, 0.29) is 0 Å². The maximum absolute atomic E-state index is 3.76. The van der Waals surface area contributed by atoms with Gasteiger partial charge in [0.1, 0.15) is 0 Å². The van der Waals surface area contributed by atoms with Crippen molar-refractivity contribution < 1.29 is 0 Å². The third-order valence-electron chi connectivity index (χ3n) is 3.44. The summed E-state index contributed by atoms with van der Waals surface area (Å²) in [4.78, 5) is 0.882. The zero-order valence-electron chi connectivity index (χ0n) is 7.11. The van der Waals surface area contributed by atoms with Gasteiger partial charge in [0, 0.05) is 4.83 Å². The number of halogens is 1. The molecule has 2 aliphatic carbocycles. The topological polar surface area (TPSA) is 0 Å². The second-order valence-corrected chi connectivity index (χ2v) is 5.41. The lowest BCUT2D eigenvalue weighted by Gasteiger charge is -2.18. The van der Waals surface area contributed by atoms with Crippen molar-refractivity contribution in [2.24, 2.45) is 5.41 Å². The largest absolute Gasteiger partial charge is 0.0884 e. The van der Waals surface area contributed by atoms with E-state index in [1.54, 1.807) is 0 Å². The first kappa shape index (κ1) is 8.10. The highest BCUT2D eigenvalue weighted by atomic mass is 79.9. The summed E-state index contributed by atoms with van der Waals surface area (Å²) in [7, 11) is 0. The Bertz CT molecular complexity index is 134. The molecular formula is C10H17Br.